The standard InChI is InChI=1S/C12H21NO3/c1-9(2)10-5-4-7-13(8-6-10)11(14)12(15)16-3/h9-10H,4-8H2,1-3H3. The minimum absolute atomic E-state index is 0.494. The molecule has 0 aromatic carbocycles. The molecule has 1 heterocycles. The number of methoxy groups -OCH3 is 1. The maximum absolute atomic E-state index is 11.6. The highest BCUT2D eigenvalue weighted by Crippen LogP contribution is 2.24. The number of hydrogen-bond acceptors (Lipinski definition) is 3. The molecule has 0 aromatic rings. The van der Waals surface area contributed by atoms with Gasteiger partial charge in [-0.3, -0.25) is 4.79 Å². The van der Waals surface area contributed by atoms with Gasteiger partial charge in [0.15, 0.2) is 0 Å². The van der Waals surface area contributed by atoms with E-state index in [1.165, 1.54) is 7.11 Å². The van der Waals surface area contributed by atoms with Gasteiger partial charge in [-0.1, -0.05) is 13.8 Å². The van der Waals surface area contributed by atoms with Crippen LogP contribution in [0.1, 0.15) is 33.1 Å². The lowest BCUT2D eigenvalue weighted by molar-refractivity contribution is -0.158. The fourth-order valence-electron chi connectivity index (χ4n) is 2.21. The fraction of sp³-hybridized carbons (Fsp3) is 0.833. The van der Waals surface area contributed by atoms with Crippen LogP contribution in [0, 0.1) is 11.8 Å². The first-order valence-corrected chi connectivity index (χ1v) is 5.93. The molecule has 92 valence electrons. The zero-order valence-electron chi connectivity index (χ0n) is 10.4. The van der Waals surface area contributed by atoms with Crippen molar-refractivity contribution in [2.75, 3.05) is 20.2 Å². The van der Waals surface area contributed by atoms with E-state index < -0.39 is 11.9 Å². The van der Waals surface area contributed by atoms with Gasteiger partial charge in [0, 0.05) is 13.1 Å². The summed E-state index contributed by atoms with van der Waals surface area (Å²) in [4.78, 5) is 24.4. The van der Waals surface area contributed by atoms with Crippen molar-refractivity contribution >= 4 is 11.9 Å². The zero-order valence-corrected chi connectivity index (χ0v) is 10.4. The third-order valence-electron chi connectivity index (χ3n) is 3.36. The number of nitrogens with zero attached hydrogens (tertiary/aromatic N) is 1. The van der Waals surface area contributed by atoms with Crippen LogP contribution in [0.2, 0.25) is 0 Å². The highest BCUT2D eigenvalue weighted by Gasteiger charge is 2.26. The van der Waals surface area contributed by atoms with Gasteiger partial charge in [-0.05, 0) is 31.1 Å². The highest BCUT2D eigenvalue weighted by molar-refractivity contribution is 6.32. The van der Waals surface area contributed by atoms with Crippen LogP contribution in [0.3, 0.4) is 0 Å². The number of rotatable bonds is 1. The third kappa shape index (κ3) is 3.22. The van der Waals surface area contributed by atoms with Crippen molar-refractivity contribution in [3.63, 3.8) is 0 Å². The van der Waals surface area contributed by atoms with E-state index >= 15 is 0 Å². The Morgan fingerprint density at radius 2 is 1.94 bits per heavy atom. The van der Waals surface area contributed by atoms with Crippen LogP contribution >= 0.6 is 0 Å². The van der Waals surface area contributed by atoms with E-state index in [1.54, 1.807) is 4.90 Å². The van der Waals surface area contributed by atoms with Gasteiger partial charge in [0.25, 0.3) is 0 Å². The van der Waals surface area contributed by atoms with Gasteiger partial charge in [0.2, 0.25) is 0 Å². The van der Waals surface area contributed by atoms with E-state index in [0.29, 0.717) is 24.9 Å². The van der Waals surface area contributed by atoms with E-state index in [0.717, 1.165) is 19.3 Å². The summed E-state index contributed by atoms with van der Waals surface area (Å²) in [6.45, 7) is 5.78. The van der Waals surface area contributed by atoms with Crippen LogP contribution in [0.25, 0.3) is 0 Å². The second-order valence-electron chi connectivity index (χ2n) is 4.72. The molecular weight excluding hydrogens is 206 g/mol. The van der Waals surface area contributed by atoms with Crippen molar-refractivity contribution in [1.29, 1.82) is 0 Å². The monoisotopic (exact) mass is 227 g/mol. The van der Waals surface area contributed by atoms with Crippen molar-refractivity contribution in [3.05, 3.63) is 0 Å². The van der Waals surface area contributed by atoms with Gasteiger partial charge in [-0.25, -0.2) is 4.79 Å². The number of ether oxygens (including phenoxy) is 1. The molecule has 0 saturated carbocycles. The molecule has 4 nitrogen and oxygen atoms in total. The van der Waals surface area contributed by atoms with Gasteiger partial charge in [-0.15, -0.1) is 0 Å². The van der Waals surface area contributed by atoms with Gasteiger partial charge in [0.05, 0.1) is 7.11 Å². The van der Waals surface area contributed by atoms with Crippen molar-refractivity contribution < 1.29 is 14.3 Å². The Hall–Kier alpha value is -1.06. The van der Waals surface area contributed by atoms with E-state index in [-0.39, 0.29) is 0 Å². The Morgan fingerprint density at radius 3 is 2.50 bits per heavy atom. The third-order valence-corrected chi connectivity index (χ3v) is 3.36. The molecule has 1 amide bonds. The minimum atomic E-state index is -0.747. The lowest BCUT2D eigenvalue weighted by Gasteiger charge is -2.20. The van der Waals surface area contributed by atoms with Gasteiger partial charge < -0.3 is 9.64 Å². The average Bonchev–Trinajstić information content (AvgIpc) is 2.52. The second kappa shape index (κ2) is 5.87. The Bertz CT molecular complexity index is 263. The first-order chi connectivity index (χ1) is 7.56. The Balaban J connectivity index is 2.53. The molecule has 0 spiro atoms. The molecule has 1 saturated heterocycles. The fourth-order valence-corrected chi connectivity index (χ4v) is 2.21. The summed E-state index contributed by atoms with van der Waals surface area (Å²) in [6.07, 6.45) is 3.11. The summed E-state index contributed by atoms with van der Waals surface area (Å²) in [6, 6.07) is 0. The first-order valence-electron chi connectivity index (χ1n) is 5.93. The number of carbonyl (C=O) groups is 2. The predicted octanol–water partition coefficient (Wildman–Crippen LogP) is 1.44. The second-order valence-corrected chi connectivity index (χ2v) is 4.72. The van der Waals surface area contributed by atoms with E-state index in [9.17, 15) is 9.59 Å². The van der Waals surface area contributed by atoms with E-state index in [1.807, 2.05) is 0 Å². The maximum atomic E-state index is 11.6. The smallest absolute Gasteiger partial charge is 0.396 e. The summed E-state index contributed by atoms with van der Waals surface area (Å²) in [5, 5.41) is 0. The number of hydrogen-bond donors (Lipinski definition) is 0. The van der Waals surface area contributed by atoms with Crippen LogP contribution in [0.15, 0.2) is 0 Å². The Morgan fingerprint density at radius 1 is 1.25 bits per heavy atom. The summed E-state index contributed by atoms with van der Waals surface area (Å²) in [5.41, 5.74) is 0. The molecular formula is C12H21NO3. The zero-order chi connectivity index (χ0) is 12.1. The number of esters is 1. The molecule has 16 heavy (non-hydrogen) atoms. The van der Waals surface area contributed by atoms with Gasteiger partial charge in [0.1, 0.15) is 0 Å². The summed E-state index contributed by atoms with van der Waals surface area (Å²) in [5.74, 6) is 0.0681. The Labute approximate surface area is 96.9 Å². The molecule has 1 atom stereocenters. The molecule has 0 N–H and O–H groups in total. The maximum Gasteiger partial charge on any atom is 0.396 e. The molecule has 4 heteroatoms. The Kier molecular flexibility index (Phi) is 4.77. The number of amides is 1. The first kappa shape index (κ1) is 13.0. The minimum Gasteiger partial charge on any atom is -0.462 e. The summed E-state index contributed by atoms with van der Waals surface area (Å²) in [7, 11) is 1.25. The lowest BCUT2D eigenvalue weighted by atomic mass is 9.89. The molecule has 1 rings (SSSR count). The lowest BCUT2D eigenvalue weighted by Crippen LogP contribution is -2.38. The largest absolute Gasteiger partial charge is 0.462 e. The number of carbonyl (C=O) groups excluding carboxylic acids is 2. The van der Waals surface area contributed by atoms with Crippen molar-refractivity contribution in [2.24, 2.45) is 11.8 Å². The molecule has 1 unspecified atom stereocenters. The normalized spacial score (nSPS) is 21.8. The van der Waals surface area contributed by atoms with Crippen LogP contribution < -0.4 is 0 Å². The quantitative estimate of drug-likeness (QED) is 0.503. The number of likely N-dealkylation sites (tertiary alicyclic amines) is 1. The molecule has 1 fully saturated rings. The highest BCUT2D eigenvalue weighted by atomic mass is 16.5. The predicted molar refractivity (Wildman–Crippen MR) is 60.8 cm³/mol. The summed E-state index contributed by atoms with van der Waals surface area (Å²) < 4.78 is 4.45. The average molecular weight is 227 g/mol. The van der Waals surface area contributed by atoms with Crippen molar-refractivity contribution in [3.8, 4) is 0 Å². The molecule has 0 aromatic heterocycles. The van der Waals surface area contributed by atoms with E-state index in [2.05, 4.69) is 18.6 Å². The van der Waals surface area contributed by atoms with Crippen molar-refractivity contribution in [2.45, 2.75) is 33.1 Å². The molecule has 0 radical (unpaired) electrons. The molecule has 1 aliphatic heterocycles. The van der Waals surface area contributed by atoms with Crippen molar-refractivity contribution in [1.82, 2.24) is 4.90 Å². The molecule has 0 bridgehead atoms. The van der Waals surface area contributed by atoms with Crippen LogP contribution in [0.5, 0.6) is 0 Å². The topological polar surface area (TPSA) is 46.6 Å². The summed E-state index contributed by atoms with van der Waals surface area (Å²) >= 11 is 0. The van der Waals surface area contributed by atoms with Gasteiger partial charge in [-0.2, -0.15) is 0 Å². The van der Waals surface area contributed by atoms with Crippen LogP contribution in [-0.4, -0.2) is 37.0 Å². The van der Waals surface area contributed by atoms with Crippen LogP contribution in [-0.2, 0) is 14.3 Å². The van der Waals surface area contributed by atoms with Gasteiger partial charge >= 0.3 is 11.9 Å². The SMILES string of the molecule is COC(=O)C(=O)N1CCCC(C(C)C)CC1. The molecule has 0 aliphatic carbocycles. The van der Waals surface area contributed by atoms with Crippen LogP contribution in [0.4, 0.5) is 0 Å². The van der Waals surface area contributed by atoms with E-state index in [4.69, 9.17) is 0 Å². The molecule has 1 aliphatic rings.